The topological polar surface area (TPSA) is 29.0 Å². The molecule has 3 nitrogen and oxygen atoms in total. The first-order valence-electron chi connectivity index (χ1n) is 4.39. The van der Waals surface area contributed by atoms with Gasteiger partial charge in [-0.05, 0) is 26.0 Å². The van der Waals surface area contributed by atoms with Crippen LogP contribution in [-0.4, -0.2) is 28.6 Å². The molecule has 4 heteroatoms. The van der Waals surface area contributed by atoms with Crippen molar-refractivity contribution in [2.45, 2.75) is 13.8 Å². The molecule has 0 aliphatic rings. The molecule has 0 N–H and O–H groups in total. The normalized spacial score (nSPS) is 10.1. The molecule has 0 saturated heterocycles. The van der Waals surface area contributed by atoms with Crippen molar-refractivity contribution in [3.8, 4) is 0 Å². The highest BCUT2D eigenvalue weighted by atomic mass is 79.9. The van der Waals surface area contributed by atoms with E-state index in [-0.39, 0.29) is 0 Å². The molecule has 0 amide bonds. The fourth-order valence-corrected chi connectivity index (χ4v) is 1.53. The molecule has 0 bridgehead atoms. The Kier molecular flexibility index (Phi) is 4.15. The average Bonchev–Trinajstić information content (AvgIpc) is 2.16. The summed E-state index contributed by atoms with van der Waals surface area (Å²) >= 11 is 3.41. The van der Waals surface area contributed by atoms with Crippen molar-refractivity contribution in [2.24, 2.45) is 0 Å². The van der Waals surface area contributed by atoms with Gasteiger partial charge < -0.3 is 4.90 Å². The van der Waals surface area contributed by atoms with E-state index in [1.54, 1.807) is 0 Å². The summed E-state index contributed by atoms with van der Waals surface area (Å²) < 4.78 is 0. The third kappa shape index (κ3) is 2.95. The molecule has 0 atom stereocenters. The van der Waals surface area contributed by atoms with E-state index in [0.29, 0.717) is 0 Å². The molecule has 1 aromatic rings. The number of nitrogens with zero attached hydrogens (tertiary/aromatic N) is 3. The molecular weight excluding hydrogens is 230 g/mol. The van der Waals surface area contributed by atoms with E-state index in [9.17, 15) is 0 Å². The van der Waals surface area contributed by atoms with E-state index >= 15 is 0 Å². The number of rotatable bonds is 4. The van der Waals surface area contributed by atoms with Gasteiger partial charge in [0.25, 0.3) is 0 Å². The van der Waals surface area contributed by atoms with Gasteiger partial charge in [-0.2, -0.15) is 5.10 Å². The second-order valence-electron chi connectivity index (χ2n) is 2.80. The lowest BCUT2D eigenvalue weighted by Crippen LogP contribution is -2.25. The maximum absolute atomic E-state index is 4.12. The van der Waals surface area contributed by atoms with Crippen molar-refractivity contribution in [1.82, 2.24) is 10.2 Å². The first-order valence-corrected chi connectivity index (χ1v) is 5.51. The number of anilines is 1. The summed E-state index contributed by atoms with van der Waals surface area (Å²) in [6.07, 6.45) is 0. The molecule has 1 heterocycles. The standard InChI is InChI=1S/C9H14BrN3/c1-3-13(7-6-10)9-5-4-8(2)11-12-9/h4-5H,3,6-7H2,1-2H3. The van der Waals surface area contributed by atoms with E-state index in [4.69, 9.17) is 0 Å². The maximum atomic E-state index is 4.12. The Hall–Kier alpha value is -0.640. The SMILES string of the molecule is CCN(CCBr)c1ccc(C)nn1. The van der Waals surface area contributed by atoms with Crippen LogP contribution in [-0.2, 0) is 0 Å². The summed E-state index contributed by atoms with van der Waals surface area (Å²) in [6.45, 7) is 5.99. The van der Waals surface area contributed by atoms with E-state index in [1.165, 1.54) is 0 Å². The highest BCUT2D eigenvalue weighted by Gasteiger charge is 2.03. The van der Waals surface area contributed by atoms with E-state index in [2.05, 4.69) is 38.0 Å². The molecule has 0 fully saturated rings. The van der Waals surface area contributed by atoms with Crippen LogP contribution in [0, 0.1) is 6.92 Å². The van der Waals surface area contributed by atoms with E-state index in [1.807, 2.05) is 19.1 Å². The molecule has 0 aliphatic heterocycles. The zero-order valence-electron chi connectivity index (χ0n) is 8.00. The first-order chi connectivity index (χ1) is 6.27. The highest BCUT2D eigenvalue weighted by molar-refractivity contribution is 9.09. The molecule has 0 spiro atoms. The van der Waals surface area contributed by atoms with E-state index < -0.39 is 0 Å². The van der Waals surface area contributed by atoms with E-state index in [0.717, 1.165) is 29.9 Å². The van der Waals surface area contributed by atoms with Gasteiger partial charge in [-0.1, -0.05) is 15.9 Å². The molecule has 0 aliphatic carbocycles. The van der Waals surface area contributed by atoms with Crippen LogP contribution in [0.1, 0.15) is 12.6 Å². The Labute approximate surface area is 87.3 Å². The molecule has 1 rings (SSSR count). The average molecular weight is 244 g/mol. The van der Waals surface area contributed by atoms with Gasteiger partial charge in [0, 0.05) is 18.4 Å². The summed E-state index contributed by atoms with van der Waals surface area (Å²) in [4.78, 5) is 2.18. The van der Waals surface area contributed by atoms with Crippen molar-refractivity contribution >= 4 is 21.7 Å². The lowest BCUT2D eigenvalue weighted by molar-refractivity contribution is 0.825. The third-order valence-corrected chi connectivity index (χ3v) is 2.20. The Morgan fingerprint density at radius 1 is 1.38 bits per heavy atom. The van der Waals surface area contributed by atoms with Crippen LogP contribution in [0.4, 0.5) is 5.82 Å². The summed E-state index contributed by atoms with van der Waals surface area (Å²) in [5, 5.41) is 9.10. The van der Waals surface area contributed by atoms with Crippen LogP contribution in [0.5, 0.6) is 0 Å². The molecule has 1 aromatic heterocycles. The predicted octanol–water partition coefficient (Wildman–Crippen LogP) is 2.01. The minimum Gasteiger partial charge on any atom is -0.355 e. The van der Waals surface area contributed by atoms with Gasteiger partial charge in [0.15, 0.2) is 5.82 Å². The smallest absolute Gasteiger partial charge is 0.151 e. The number of aryl methyl sites for hydroxylation is 1. The Morgan fingerprint density at radius 2 is 2.15 bits per heavy atom. The van der Waals surface area contributed by atoms with Crippen molar-refractivity contribution in [2.75, 3.05) is 23.3 Å². The fraction of sp³-hybridized carbons (Fsp3) is 0.556. The van der Waals surface area contributed by atoms with Crippen molar-refractivity contribution in [3.63, 3.8) is 0 Å². The quantitative estimate of drug-likeness (QED) is 0.758. The summed E-state index contributed by atoms with van der Waals surface area (Å²) in [5.41, 5.74) is 0.957. The predicted molar refractivity (Wildman–Crippen MR) is 58.5 cm³/mol. The minimum atomic E-state index is 0.951. The summed E-state index contributed by atoms with van der Waals surface area (Å²) in [6, 6.07) is 3.99. The van der Waals surface area contributed by atoms with Crippen LogP contribution in [0.3, 0.4) is 0 Å². The monoisotopic (exact) mass is 243 g/mol. The molecular formula is C9H14BrN3. The van der Waals surface area contributed by atoms with Crippen LogP contribution in [0.2, 0.25) is 0 Å². The molecule has 72 valence electrons. The Morgan fingerprint density at radius 3 is 2.62 bits per heavy atom. The number of halogens is 1. The van der Waals surface area contributed by atoms with Crippen LogP contribution < -0.4 is 4.90 Å². The molecule has 0 saturated carbocycles. The molecule has 0 unspecified atom stereocenters. The third-order valence-electron chi connectivity index (χ3n) is 1.84. The van der Waals surface area contributed by atoms with Crippen molar-refractivity contribution in [1.29, 1.82) is 0 Å². The molecule has 0 radical (unpaired) electrons. The van der Waals surface area contributed by atoms with Crippen LogP contribution in [0.25, 0.3) is 0 Å². The zero-order chi connectivity index (χ0) is 9.68. The maximum Gasteiger partial charge on any atom is 0.151 e. The number of hydrogen-bond acceptors (Lipinski definition) is 3. The second kappa shape index (κ2) is 5.17. The summed E-state index contributed by atoms with van der Waals surface area (Å²) in [7, 11) is 0. The molecule has 0 aromatic carbocycles. The highest BCUT2D eigenvalue weighted by Crippen LogP contribution is 2.08. The first kappa shape index (κ1) is 10.4. The van der Waals surface area contributed by atoms with Crippen LogP contribution >= 0.6 is 15.9 Å². The van der Waals surface area contributed by atoms with Crippen LogP contribution in [0.15, 0.2) is 12.1 Å². The lowest BCUT2D eigenvalue weighted by Gasteiger charge is -2.19. The van der Waals surface area contributed by atoms with Gasteiger partial charge in [0.05, 0.1) is 5.69 Å². The Bertz CT molecular complexity index is 248. The lowest BCUT2D eigenvalue weighted by atomic mass is 10.4. The van der Waals surface area contributed by atoms with Gasteiger partial charge in [0.1, 0.15) is 0 Å². The Balaban J connectivity index is 2.73. The van der Waals surface area contributed by atoms with Gasteiger partial charge in [-0.25, -0.2) is 0 Å². The minimum absolute atomic E-state index is 0.951. The van der Waals surface area contributed by atoms with Crippen molar-refractivity contribution in [3.05, 3.63) is 17.8 Å². The van der Waals surface area contributed by atoms with Gasteiger partial charge >= 0.3 is 0 Å². The van der Waals surface area contributed by atoms with Gasteiger partial charge in [-0.3, -0.25) is 0 Å². The number of aromatic nitrogens is 2. The summed E-state index contributed by atoms with van der Waals surface area (Å²) in [5.74, 6) is 0.951. The second-order valence-corrected chi connectivity index (χ2v) is 3.59. The van der Waals surface area contributed by atoms with Crippen molar-refractivity contribution < 1.29 is 0 Å². The van der Waals surface area contributed by atoms with Gasteiger partial charge in [0.2, 0.25) is 0 Å². The molecule has 13 heavy (non-hydrogen) atoms. The number of alkyl halides is 1. The zero-order valence-corrected chi connectivity index (χ0v) is 9.58. The fourth-order valence-electron chi connectivity index (χ4n) is 1.10. The number of hydrogen-bond donors (Lipinski definition) is 0. The van der Waals surface area contributed by atoms with Gasteiger partial charge in [-0.15, -0.1) is 5.10 Å². The largest absolute Gasteiger partial charge is 0.355 e.